The minimum absolute atomic E-state index is 0.0226. The predicted molar refractivity (Wildman–Crippen MR) is 78.8 cm³/mol. The van der Waals surface area contributed by atoms with E-state index in [0.717, 1.165) is 6.42 Å². The van der Waals surface area contributed by atoms with Crippen molar-refractivity contribution in [2.75, 3.05) is 18.9 Å². The monoisotopic (exact) mass is 278 g/mol. The fourth-order valence-electron chi connectivity index (χ4n) is 1.60. The van der Waals surface area contributed by atoms with Crippen LogP contribution in [0.15, 0.2) is 24.3 Å². The van der Waals surface area contributed by atoms with Gasteiger partial charge in [0.25, 0.3) is 0 Å². The summed E-state index contributed by atoms with van der Waals surface area (Å²) < 4.78 is 0. The van der Waals surface area contributed by atoms with Crippen LogP contribution in [-0.2, 0) is 16.0 Å². The molecular weight excluding hydrogens is 256 g/mol. The smallest absolute Gasteiger partial charge is 0.323 e. The number of carbonyl (C=O) groups is 2. The van der Waals surface area contributed by atoms with Crippen LogP contribution < -0.4 is 5.32 Å². The highest BCUT2D eigenvalue weighted by molar-refractivity contribution is 5.92. The van der Waals surface area contributed by atoms with E-state index < -0.39 is 11.5 Å². The Hall–Kier alpha value is -1.88. The maximum absolute atomic E-state index is 11.9. The number of likely N-dealkylation sites (N-methyl/N-ethyl adjacent to an activating group) is 1. The van der Waals surface area contributed by atoms with Crippen molar-refractivity contribution in [2.45, 2.75) is 32.7 Å². The molecule has 0 saturated carbocycles. The fraction of sp³-hybridized carbons (Fsp3) is 0.467. The van der Waals surface area contributed by atoms with Crippen molar-refractivity contribution in [1.82, 2.24) is 4.90 Å². The Labute approximate surface area is 119 Å². The van der Waals surface area contributed by atoms with Crippen LogP contribution in [0.1, 0.15) is 26.3 Å². The minimum Gasteiger partial charge on any atom is -0.480 e. The van der Waals surface area contributed by atoms with Gasteiger partial charge in [-0.25, -0.2) is 0 Å². The van der Waals surface area contributed by atoms with Crippen molar-refractivity contribution < 1.29 is 14.7 Å². The van der Waals surface area contributed by atoms with Crippen molar-refractivity contribution in [3.63, 3.8) is 0 Å². The molecule has 0 radical (unpaired) electrons. The van der Waals surface area contributed by atoms with Gasteiger partial charge in [0.05, 0.1) is 6.54 Å². The summed E-state index contributed by atoms with van der Waals surface area (Å²) in [4.78, 5) is 24.5. The number of nitrogens with zero attached hydrogens (tertiary/aromatic N) is 1. The average Bonchev–Trinajstić information content (AvgIpc) is 2.39. The molecule has 5 nitrogen and oxygen atoms in total. The second-order valence-electron chi connectivity index (χ2n) is 5.32. The molecule has 0 aliphatic heterocycles. The summed E-state index contributed by atoms with van der Waals surface area (Å²) in [5, 5.41) is 11.9. The van der Waals surface area contributed by atoms with Crippen molar-refractivity contribution in [1.29, 1.82) is 0 Å². The van der Waals surface area contributed by atoms with Gasteiger partial charge < -0.3 is 10.4 Å². The van der Waals surface area contributed by atoms with Crippen LogP contribution in [0.3, 0.4) is 0 Å². The van der Waals surface area contributed by atoms with Gasteiger partial charge in [-0.15, -0.1) is 0 Å². The zero-order valence-electron chi connectivity index (χ0n) is 12.4. The van der Waals surface area contributed by atoms with Crippen LogP contribution in [0.25, 0.3) is 0 Å². The zero-order valence-corrected chi connectivity index (χ0v) is 12.4. The summed E-state index contributed by atoms with van der Waals surface area (Å²) in [5.41, 5.74) is 0.838. The quantitative estimate of drug-likeness (QED) is 0.835. The summed E-state index contributed by atoms with van der Waals surface area (Å²) in [6, 6.07) is 7.61. The predicted octanol–water partition coefficient (Wildman–Crippen LogP) is 1.98. The molecule has 1 amide bonds. The first-order valence-corrected chi connectivity index (χ1v) is 6.60. The summed E-state index contributed by atoms with van der Waals surface area (Å²) in [5.74, 6) is -1.19. The largest absolute Gasteiger partial charge is 0.480 e. The highest BCUT2D eigenvalue weighted by Gasteiger charge is 2.32. The number of hydrogen-bond donors (Lipinski definition) is 2. The maximum atomic E-state index is 11.9. The first-order chi connectivity index (χ1) is 9.27. The molecule has 0 aliphatic rings. The van der Waals surface area contributed by atoms with E-state index in [9.17, 15) is 9.59 Å². The molecule has 0 spiro atoms. The highest BCUT2D eigenvalue weighted by atomic mass is 16.4. The Kier molecular flexibility index (Phi) is 5.27. The second kappa shape index (κ2) is 6.52. The van der Waals surface area contributed by atoms with Crippen LogP contribution in [0.5, 0.6) is 0 Å². The van der Waals surface area contributed by atoms with E-state index in [1.54, 1.807) is 20.9 Å². The van der Waals surface area contributed by atoms with Gasteiger partial charge in [-0.3, -0.25) is 14.5 Å². The van der Waals surface area contributed by atoms with Crippen LogP contribution in [-0.4, -0.2) is 41.0 Å². The number of hydrogen-bond acceptors (Lipinski definition) is 3. The summed E-state index contributed by atoms with van der Waals surface area (Å²) in [6.07, 6.45) is 0.948. The number of aliphatic carboxylic acids is 1. The first kappa shape index (κ1) is 16.2. The molecule has 0 heterocycles. The third kappa shape index (κ3) is 4.06. The van der Waals surface area contributed by atoms with Crippen molar-refractivity contribution in [3.8, 4) is 0 Å². The second-order valence-corrected chi connectivity index (χ2v) is 5.32. The Morgan fingerprint density at radius 1 is 1.25 bits per heavy atom. The summed E-state index contributed by atoms with van der Waals surface area (Å²) in [7, 11) is 1.62. The van der Waals surface area contributed by atoms with Crippen molar-refractivity contribution in [2.24, 2.45) is 0 Å². The molecule has 0 atom stereocenters. The average molecular weight is 278 g/mol. The lowest BCUT2D eigenvalue weighted by Gasteiger charge is -2.30. The number of carboxylic acid groups (broad SMARTS) is 1. The lowest BCUT2D eigenvalue weighted by molar-refractivity contribution is -0.148. The Morgan fingerprint density at radius 2 is 1.80 bits per heavy atom. The van der Waals surface area contributed by atoms with Crippen LogP contribution in [0.2, 0.25) is 0 Å². The molecule has 0 saturated heterocycles. The van der Waals surface area contributed by atoms with E-state index in [-0.39, 0.29) is 12.5 Å². The topological polar surface area (TPSA) is 69.6 Å². The number of carboxylic acids is 1. The van der Waals surface area contributed by atoms with Gasteiger partial charge in [-0.05, 0) is 45.0 Å². The molecule has 0 unspecified atom stereocenters. The van der Waals surface area contributed by atoms with Gasteiger partial charge in [0, 0.05) is 5.69 Å². The third-order valence-electron chi connectivity index (χ3n) is 3.50. The van der Waals surface area contributed by atoms with Crippen molar-refractivity contribution >= 4 is 17.6 Å². The van der Waals surface area contributed by atoms with Crippen LogP contribution >= 0.6 is 0 Å². The zero-order chi connectivity index (χ0) is 15.3. The normalized spacial score (nSPS) is 11.4. The van der Waals surface area contributed by atoms with Gasteiger partial charge >= 0.3 is 5.97 Å². The molecule has 0 bridgehead atoms. The van der Waals surface area contributed by atoms with Gasteiger partial charge in [-0.1, -0.05) is 19.1 Å². The maximum Gasteiger partial charge on any atom is 0.323 e. The summed E-state index contributed by atoms with van der Waals surface area (Å²) >= 11 is 0. The molecule has 0 aliphatic carbocycles. The number of amides is 1. The van der Waals surface area contributed by atoms with E-state index in [0.29, 0.717) is 5.69 Å². The number of benzene rings is 1. The van der Waals surface area contributed by atoms with E-state index >= 15 is 0 Å². The van der Waals surface area contributed by atoms with E-state index in [4.69, 9.17) is 5.11 Å². The Balaban J connectivity index is 2.61. The third-order valence-corrected chi connectivity index (χ3v) is 3.50. The van der Waals surface area contributed by atoms with Gasteiger partial charge in [-0.2, -0.15) is 0 Å². The first-order valence-electron chi connectivity index (χ1n) is 6.60. The molecule has 110 valence electrons. The standard InChI is InChI=1S/C15H22N2O3/c1-5-11-6-8-12(9-7-11)16-13(18)10-17(4)15(2,3)14(19)20/h6-9H,5,10H2,1-4H3,(H,16,18)(H,19,20). The molecule has 20 heavy (non-hydrogen) atoms. The molecule has 1 rings (SSSR count). The molecule has 0 fully saturated rings. The highest BCUT2D eigenvalue weighted by Crippen LogP contribution is 2.13. The molecular formula is C15H22N2O3. The number of carbonyl (C=O) groups excluding carboxylic acids is 1. The Bertz CT molecular complexity index is 480. The Morgan fingerprint density at radius 3 is 2.25 bits per heavy atom. The van der Waals surface area contributed by atoms with E-state index in [1.807, 2.05) is 24.3 Å². The number of rotatable bonds is 6. The number of anilines is 1. The molecule has 0 aromatic heterocycles. The van der Waals surface area contributed by atoms with Gasteiger partial charge in [0.2, 0.25) is 5.91 Å². The SMILES string of the molecule is CCc1ccc(NC(=O)CN(C)C(C)(C)C(=O)O)cc1. The molecule has 1 aromatic rings. The molecule has 5 heteroatoms. The van der Waals surface area contributed by atoms with E-state index in [2.05, 4.69) is 12.2 Å². The van der Waals surface area contributed by atoms with Crippen LogP contribution in [0, 0.1) is 0 Å². The fourth-order valence-corrected chi connectivity index (χ4v) is 1.60. The minimum atomic E-state index is -1.08. The van der Waals surface area contributed by atoms with Gasteiger partial charge in [0.15, 0.2) is 0 Å². The van der Waals surface area contributed by atoms with E-state index in [1.165, 1.54) is 10.5 Å². The number of nitrogens with one attached hydrogen (secondary N) is 1. The molecule has 1 aromatic carbocycles. The lowest BCUT2D eigenvalue weighted by Crippen LogP contribution is -2.50. The lowest BCUT2D eigenvalue weighted by atomic mass is 10.0. The molecule has 2 N–H and O–H groups in total. The number of aryl methyl sites for hydroxylation is 1. The van der Waals surface area contributed by atoms with Gasteiger partial charge in [0.1, 0.15) is 5.54 Å². The van der Waals surface area contributed by atoms with Crippen molar-refractivity contribution in [3.05, 3.63) is 29.8 Å². The van der Waals surface area contributed by atoms with Crippen LogP contribution in [0.4, 0.5) is 5.69 Å². The summed E-state index contributed by atoms with van der Waals surface area (Å²) in [6.45, 7) is 5.22.